The highest BCUT2D eigenvalue weighted by molar-refractivity contribution is 7.18. The van der Waals surface area contributed by atoms with Crippen molar-refractivity contribution in [2.24, 2.45) is 11.3 Å². The summed E-state index contributed by atoms with van der Waals surface area (Å²) in [6.07, 6.45) is 9.23. The number of methoxy groups -OCH3 is 1. The monoisotopic (exact) mass is 789 g/mol. The predicted octanol–water partition coefficient (Wildman–Crippen LogP) is 6.29. The molecule has 2 aromatic carbocycles. The van der Waals surface area contributed by atoms with Gasteiger partial charge in [-0.2, -0.15) is 0 Å². The molecule has 4 aromatic rings. The standard InChI is InChI=1S/C43H47N7O6S/c1-24-5-3-8-30(44-24)38(52)46-31-20-35-32(19-34(31)56-2)47-40(57-35)26-11-9-25(10-12-26)23-49-17-15-43(16-18-49)21-27(22-43)45-29-7-4-6-28-37(29)42(55)50(41(28)54)33-13-14-36(51)48-39(33)53/h3-8,19-20,25-27,33,45H,9-18,21-23H2,1-2H3,(H,46,52)(H,48,51,53)/t25-,26-,33?. The number of hydrogen-bond donors (Lipinski definition) is 3. The van der Waals surface area contributed by atoms with Gasteiger partial charge in [0, 0.05) is 42.4 Å². The second-order valence-electron chi connectivity index (χ2n) is 16.6. The van der Waals surface area contributed by atoms with E-state index >= 15 is 0 Å². The molecule has 2 saturated heterocycles. The number of thiazole rings is 1. The molecule has 1 unspecified atom stereocenters. The zero-order valence-electron chi connectivity index (χ0n) is 32.3. The normalized spacial score (nSPS) is 23.7. The molecule has 1 spiro atoms. The highest BCUT2D eigenvalue weighted by atomic mass is 32.1. The van der Waals surface area contributed by atoms with Crippen molar-refractivity contribution in [3.8, 4) is 5.75 Å². The van der Waals surface area contributed by atoms with Gasteiger partial charge in [-0.05, 0) is 119 Å². The molecule has 2 saturated carbocycles. The smallest absolute Gasteiger partial charge is 0.274 e. The van der Waals surface area contributed by atoms with Crippen molar-refractivity contribution in [3.05, 3.63) is 76.1 Å². The molecule has 2 aliphatic carbocycles. The van der Waals surface area contributed by atoms with Crippen LogP contribution in [0.3, 0.4) is 0 Å². The molecule has 5 amide bonds. The zero-order chi connectivity index (χ0) is 39.4. The second kappa shape index (κ2) is 14.9. The van der Waals surface area contributed by atoms with Crippen molar-refractivity contribution in [2.75, 3.05) is 37.4 Å². The van der Waals surface area contributed by atoms with E-state index < -0.39 is 23.8 Å². The number of carbonyl (C=O) groups is 5. The number of carbonyl (C=O) groups excluding carboxylic acids is 5. The third-order valence-corrected chi connectivity index (χ3v) is 14.1. The van der Waals surface area contributed by atoms with Crippen molar-refractivity contribution in [1.29, 1.82) is 0 Å². The number of aryl methyl sites for hydroxylation is 1. The molecule has 14 heteroatoms. The Morgan fingerprint density at radius 2 is 1.72 bits per heavy atom. The first-order valence-corrected chi connectivity index (χ1v) is 20.9. The molecule has 4 fully saturated rings. The molecule has 9 rings (SSSR count). The first-order chi connectivity index (χ1) is 27.6. The number of piperidine rings is 2. The Balaban J connectivity index is 0.750. The molecule has 0 bridgehead atoms. The van der Waals surface area contributed by atoms with Gasteiger partial charge in [-0.1, -0.05) is 12.1 Å². The van der Waals surface area contributed by atoms with Crippen LogP contribution < -0.4 is 20.7 Å². The van der Waals surface area contributed by atoms with Gasteiger partial charge < -0.3 is 20.3 Å². The minimum Gasteiger partial charge on any atom is -0.494 e. The maximum absolute atomic E-state index is 13.5. The van der Waals surface area contributed by atoms with Crippen LogP contribution in [0.1, 0.15) is 112 Å². The number of amides is 5. The molecule has 13 nitrogen and oxygen atoms in total. The topological polar surface area (TPSA) is 163 Å². The third-order valence-electron chi connectivity index (χ3n) is 12.9. The minimum atomic E-state index is -0.973. The number of benzene rings is 2. The summed E-state index contributed by atoms with van der Waals surface area (Å²) in [5.41, 5.74) is 4.23. The van der Waals surface area contributed by atoms with Crippen LogP contribution >= 0.6 is 11.3 Å². The molecule has 0 radical (unpaired) electrons. The highest BCUT2D eigenvalue weighted by Gasteiger charge is 2.48. The number of anilines is 2. The maximum Gasteiger partial charge on any atom is 0.274 e. The fourth-order valence-corrected chi connectivity index (χ4v) is 10.9. The summed E-state index contributed by atoms with van der Waals surface area (Å²) in [4.78, 5) is 77.0. The molecule has 5 aliphatic rings. The fraction of sp³-hybridized carbons (Fsp3) is 0.465. The number of ether oxygens (including phenoxy) is 1. The Bertz CT molecular complexity index is 2280. The number of pyridine rings is 1. The molecular formula is C43H47N7O6S. The van der Waals surface area contributed by atoms with Crippen LogP contribution in [0, 0.1) is 18.3 Å². The summed E-state index contributed by atoms with van der Waals surface area (Å²) < 4.78 is 6.67. The molecule has 2 aromatic heterocycles. The van der Waals surface area contributed by atoms with Crippen LogP contribution in [0.2, 0.25) is 0 Å². The van der Waals surface area contributed by atoms with Crippen LogP contribution in [-0.2, 0) is 9.59 Å². The number of likely N-dealkylation sites (tertiary alicyclic amines) is 1. The molecule has 1 atom stereocenters. The average Bonchev–Trinajstić information content (AvgIpc) is 3.72. The van der Waals surface area contributed by atoms with E-state index in [1.54, 1.807) is 36.6 Å². The Kier molecular flexibility index (Phi) is 9.80. The first kappa shape index (κ1) is 37.4. The van der Waals surface area contributed by atoms with E-state index in [2.05, 4.69) is 25.8 Å². The van der Waals surface area contributed by atoms with Gasteiger partial charge in [-0.25, -0.2) is 9.97 Å². The van der Waals surface area contributed by atoms with Crippen LogP contribution in [-0.4, -0.2) is 88.1 Å². The van der Waals surface area contributed by atoms with Gasteiger partial charge in [-0.3, -0.25) is 34.2 Å². The summed E-state index contributed by atoms with van der Waals surface area (Å²) in [6.45, 7) is 5.19. The molecular weight excluding hydrogens is 743 g/mol. The number of hydrogen-bond acceptors (Lipinski definition) is 11. The Labute approximate surface area is 334 Å². The van der Waals surface area contributed by atoms with Gasteiger partial charge in [0.05, 0.1) is 39.1 Å². The summed E-state index contributed by atoms with van der Waals surface area (Å²) in [7, 11) is 1.60. The number of fused-ring (bicyclic) bond motifs is 2. The third kappa shape index (κ3) is 7.18. The Morgan fingerprint density at radius 3 is 2.46 bits per heavy atom. The van der Waals surface area contributed by atoms with Crippen molar-refractivity contribution in [3.63, 3.8) is 0 Å². The molecule has 3 N–H and O–H groups in total. The van der Waals surface area contributed by atoms with Crippen LogP contribution in [0.15, 0.2) is 48.5 Å². The van der Waals surface area contributed by atoms with E-state index in [1.807, 2.05) is 37.3 Å². The van der Waals surface area contributed by atoms with Gasteiger partial charge in [0.1, 0.15) is 17.5 Å². The summed E-state index contributed by atoms with van der Waals surface area (Å²) in [6, 6.07) is 13.8. The highest BCUT2D eigenvalue weighted by Crippen LogP contribution is 2.51. The van der Waals surface area contributed by atoms with Gasteiger partial charge in [0.15, 0.2) is 0 Å². The number of imide groups is 2. The van der Waals surface area contributed by atoms with E-state index in [1.165, 1.54) is 12.8 Å². The van der Waals surface area contributed by atoms with Crippen molar-refractivity contribution in [1.82, 2.24) is 25.1 Å². The lowest BCUT2D eigenvalue weighted by molar-refractivity contribution is -0.136. The zero-order valence-corrected chi connectivity index (χ0v) is 33.1. The van der Waals surface area contributed by atoms with Crippen LogP contribution in [0.4, 0.5) is 11.4 Å². The van der Waals surface area contributed by atoms with E-state index in [-0.39, 0.29) is 30.7 Å². The maximum atomic E-state index is 13.5. The lowest BCUT2D eigenvalue weighted by Crippen LogP contribution is -2.54. The molecule has 5 heterocycles. The predicted molar refractivity (Wildman–Crippen MR) is 216 cm³/mol. The fourth-order valence-electron chi connectivity index (χ4n) is 9.79. The second-order valence-corrected chi connectivity index (χ2v) is 17.7. The van der Waals surface area contributed by atoms with E-state index in [4.69, 9.17) is 9.72 Å². The van der Waals surface area contributed by atoms with Gasteiger partial charge in [0.2, 0.25) is 11.8 Å². The number of nitrogens with one attached hydrogen (secondary N) is 3. The minimum absolute atomic E-state index is 0.0969. The van der Waals surface area contributed by atoms with Crippen LogP contribution in [0.25, 0.3) is 10.2 Å². The van der Waals surface area contributed by atoms with E-state index in [0.29, 0.717) is 51.2 Å². The number of nitrogens with zero attached hydrogens (tertiary/aromatic N) is 4. The summed E-state index contributed by atoms with van der Waals surface area (Å²) in [5, 5.41) is 9.98. The lowest BCUT2D eigenvalue weighted by Gasteiger charge is -2.53. The number of rotatable bonds is 9. The number of aromatic nitrogens is 2. The quantitative estimate of drug-likeness (QED) is 0.164. The van der Waals surface area contributed by atoms with Gasteiger partial charge in [0.25, 0.3) is 17.7 Å². The van der Waals surface area contributed by atoms with E-state index in [0.717, 1.165) is 84.0 Å². The lowest BCUT2D eigenvalue weighted by atomic mass is 9.60. The Morgan fingerprint density at radius 1 is 0.947 bits per heavy atom. The molecule has 296 valence electrons. The first-order valence-electron chi connectivity index (χ1n) is 20.1. The Hall–Kier alpha value is -5.21. The average molecular weight is 790 g/mol. The van der Waals surface area contributed by atoms with E-state index in [9.17, 15) is 24.0 Å². The summed E-state index contributed by atoms with van der Waals surface area (Å²) >= 11 is 1.71. The molecule has 57 heavy (non-hydrogen) atoms. The SMILES string of the molecule is COc1cc2nc([C@H]3CC[C@H](CN4CCC5(CC4)CC(Nc4cccc6c4C(=O)N(C4CCC(=O)NC4=O)C6=O)C5)CC3)sc2cc1NC(=O)c1cccc(C)n1. The van der Waals surface area contributed by atoms with Gasteiger partial charge in [-0.15, -0.1) is 11.3 Å². The summed E-state index contributed by atoms with van der Waals surface area (Å²) in [5.74, 6) is -0.522. The van der Waals surface area contributed by atoms with Crippen molar-refractivity contribution < 1.29 is 28.7 Å². The molecule has 3 aliphatic heterocycles. The largest absolute Gasteiger partial charge is 0.494 e. The van der Waals surface area contributed by atoms with Gasteiger partial charge >= 0.3 is 0 Å². The van der Waals surface area contributed by atoms with Crippen LogP contribution in [0.5, 0.6) is 5.75 Å². The van der Waals surface area contributed by atoms with Crippen molar-refractivity contribution >= 4 is 62.5 Å². The van der Waals surface area contributed by atoms with Crippen molar-refractivity contribution in [2.45, 2.75) is 89.1 Å².